The van der Waals surface area contributed by atoms with Crippen molar-refractivity contribution in [1.29, 1.82) is 0 Å². The number of likely N-dealkylation sites (tertiary alicyclic amines) is 1. The number of ether oxygens (including phenoxy) is 1. The normalized spacial score (nSPS) is 25.8. The van der Waals surface area contributed by atoms with Crippen LogP contribution in [0.3, 0.4) is 0 Å². The Hall–Kier alpha value is -2.97. The Morgan fingerprint density at radius 1 is 1.00 bits per heavy atom. The number of piperidine rings is 2. The maximum Gasteiger partial charge on any atom is 0.309 e. The number of aromatic nitrogens is 1. The molecule has 0 radical (unpaired) electrons. The summed E-state index contributed by atoms with van der Waals surface area (Å²) in [6.45, 7) is 6.85. The molecular formula is C27H38N4O5. The Morgan fingerprint density at radius 2 is 1.69 bits per heavy atom. The molecule has 4 rings (SSSR count). The molecule has 0 aromatic carbocycles. The highest BCUT2D eigenvalue weighted by Crippen LogP contribution is 2.31. The van der Waals surface area contributed by atoms with Crippen molar-refractivity contribution in [3.63, 3.8) is 0 Å². The smallest absolute Gasteiger partial charge is 0.309 e. The van der Waals surface area contributed by atoms with Crippen LogP contribution in [0.4, 0.5) is 5.69 Å². The van der Waals surface area contributed by atoms with E-state index in [1.807, 2.05) is 31.7 Å². The second-order valence-corrected chi connectivity index (χ2v) is 11.3. The molecule has 1 aromatic rings. The average molecular weight is 499 g/mol. The summed E-state index contributed by atoms with van der Waals surface area (Å²) in [6.07, 6.45) is 9.01. The largest absolute Gasteiger partial charge is 0.460 e. The number of nitrogens with zero attached hydrogens (tertiary/aromatic N) is 2. The molecule has 3 amide bonds. The van der Waals surface area contributed by atoms with Gasteiger partial charge in [-0.15, -0.1) is 0 Å². The number of nitrogens with one attached hydrogen (secondary N) is 2. The minimum atomic E-state index is -0.487. The van der Waals surface area contributed by atoms with Crippen LogP contribution >= 0.6 is 0 Å². The molecule has 0 bridgehead atoms. The van der Waals surface area contributed by atoms with E-state index in [1.54, 1.807) is 12.4 Å². The highest BCUT2D eigenvalue weighted by atomic mass is 16.6. The minimum absolute atomic E-state index is 0.0223. The second kappa shape index (κ2) is 11.0. The van der Waals surface area contributed by atoms with Gasteiger partial charge < -0.3 is 15.0 Å². The van der Waals surface area contributed by atoms with Gasteiger partial charge in [-0.25, -0.2) is 0 Å². The van der Waals surface area contributed by atoms with E-state index in [0.29, 0.717) is 38.8 Å². The van der Waals surface area contributed by atoms with E-state index in [0.717, 1.165) is 36.9 Å². The molecule has 2 aliphatic heterocycles. The molecule has 2 saturated heterocycles. The molecule has 1 unspecified atom stereocenters. The summed E-state index contributed by atoms with van der Waals surface area (Å²) in [5.41, 5.74) is 1.18. The zero-order valence-corrected chi connectivity index (χ0v) is 21.5. The average Bonchev–Trinajstić information content (AvgIpc) is 2.83. The van der Waals surface area contributed by atoms with Crippen LogP contribution in [0.15, 0.2) is 18.5 Å². The minimum Gasteiger partial charge on any atom is -0.460 e. The van der Waals surface area contributed by atoms with Crippen LogP contribution in [0, 0.1) is 11.8 Å². The first kappa shape index (κ1) is 26.1. The van der Waals surface area contributed by atoms with Crippen LogP contribution in [-0.4, -0.2) is 58.3 Å². The summed E-state index contributed by atoms with van der Waals surface area (Å²) in [6, 6.07) is 2.19. The van der Waals surface area contributed by atoms with Gasteiger partial charge >= 0.3 is 5.97 Å². The van der Waals surface area contributed by atoms with Gasteiger partial charge in [-0.1, -0.05) is 0 Å². The highest BCUT2D eigenvalue weighted by molar-refractivity contribution is 6.01. The van der Waals surface area contributed by atoms with Crippen molar-refractivity contribution in [2.45, 2.75) is 89.7 Å². The lowest BCUT2D eigenvalue weighted by molar-refractivity contribution is -0.162. The number of carbonyl (C=O) groups excluding carboxylic acids is 4. The van der Waals surface area contributed by atoms with E-state index in [9.17, 15) is 19.2 Å². The number of anilines is 1. The quantitative estimate of drug-likeness (QED) is 0.473. The molecule has 1 saturated carbocycles. The number of hydrogen-bond donors (Lipinski definition) is 2. The van der Waals surface area contributed by atoms with E-state index < -0.39 is 5.60 Å². The van der Waals surface area contributed by atoms with Gasteiger partial charge in [0.25, 0.3) is 0 Å². The molecule has 1 aliphatic carbocycles. The Labute approximate surface area is 212 Å². The molecule has 196 valence electrons. The maximum atomic E-state index is 13.1. The van der Waals surface area contributed by atoms with Crippen LogP contribution < -0.4 is 10.6 Å². The number of rotatable bonds is 5. The highest BCUT2D eigenvalue weighted by Gasteiger charge is 2.34. The fourth-order valence-corrected chi connectivity index (χ4v) is 5.44. The Kier molecular flexibility index (Phi) is 7.95. The summed E-state index contributed by atoms with van der Waals surface area (Å²) in [4.78, 5) is 55.3. The first-order valence-corrected chi connectivity index (χ1v) is 13.2. The standard InChI is InChI=1S/C27H38N4O5/c1-27(2,3)36-26(35)18-10-12-31(13-11-18)25(34)17-4-6-20(7-5-17)29-21-14-19(15-28-16-21)22-8-9-23(32)30-24(22)33/h14-18,20,22,29H,4-13H2,1-3H3,(H,30,32,33). The number of imide groups is 1. The maximum absolute atomic E-state index is 13.1. The van der Waals surface area contributed by atoms with E-state index in [-0.39, 0.29) is 47.5 Å². The topological polar surface area (TPSA) is 118 Å². The van der Waals surface area contributed by atoms with Gasteiger partial charge in [0, 0.05) is 43.9 Å². The third-order valence-electron chi connectivity index (χ3n) is 7.39. The Bertz CT molecular complexity index is 988. The van der Waals surface area contributed by atoms with Gasteiger partial charge in [0.1, 0.15) is 5.60 Å². The zero-order chi connectivity index (χ0) is 25.9. The van der Waals surface area contributed by atoms with Gasteiger partial charge in [0.15, 0.2) is 0 Å². The fourth-order valence-electron chi connectivity index (χ4n) is 5.44. The Balaban J connectivity index is 1.23. The van der Waals surface area contributed by atoms with Gasteiger partial charge in [-0.05, 0) is 77.3 Å². The number of carbonyl (C=O) groups is 4. The molecule has 36 heavy (non-hydrogen) atoms. The van der Waals surface area contributed by atoms with Gasteiger partial charge in [0.05, 0.1) is 17.5 Å². The van der Waals surface area contributed by atoms with Crippen LogP contribution in [-0.2, 0) is 23.9 Å². The number of hydrogen-bond acceptors (Lipinski definition) is 7. The predicted octanol–water partition coefficient (Wildman–Crippen LogP) is 3.15. The molecule has 9 nitrogen and oxygen atoms in total. The summed E-state index contributed by atoms with van der Waals surface area (Å²) >= 11 is 0. The van der Waals surface area contributed by atoms with Crippen LogP contribution in [0.2, 0.25) is 0 Å². The van der Waals surface area contributed by atoms with E-state index in [2.05, 4.69) is 15.6 Å². The molecule has 3 fully saturated rings. The van der Waals surface area contributed by atoms with Crippen molar-refractivity contribution in [2.24, 2.45) is 11.8 Å². The number of pyridine rings is 1. The lowest BCUT2D eigenvalue weighted by Crippen LogP contribution is -2.45. The Morgan fingerprint density at radius 3 is 2.33 bits per heavy atom. The molecule has 1 aromatic heterocycles. The summed E-state index contributed by atoms with van der Waals surface area (Å²) in [5.74, 6) is -0.900. The van der Waals surface area contributed by atoms with Gasteiger partial charge in [0.2, 0.25) is 17.7 Å². The van der Waals surface area contributed by atoms with Crippen molar-refractivity contribution in [3.8, 4) is 0 Å². The lowest BCUT2D eigenvalue weighted by Gasteiger charge is -2.36. The third-order valence-corrected chi connectivity index (χ3v) is 7.39. The first-order valence-electron chi connectivity index (χ1n) is 13.2. The molecule has 1 atom stereocenters. The number of esters is 1. The van der Waals surface area contributed by atoms with Gasteiger partial charge in [-0.3, -0.25) is 29.5 Å². The fraction of sp³-hybridized carbons (Fsp3) is 0.667. The molecule has 3 aliphatic rings. The third kappa shape index (κ3) is 6.62. The monoisotopic (exact) mass is 498 g/mol. The first-order chi connectivity index (χ1) is 17.1. The molecule has 0 spiro atoms. The van der Waals surface area contributed by atoms with E-state index >= 15 is 0 Å². The van der Waals surface area contributed by atoms with Crippen molar-refractivity contribution in [1.82, 2.24) is 15.2 Å². The van der Waals surface area contributed by atoms with Crippen molar-refractivity contribution in [3.05, 3.63) is 24.0 Å². The lowest BCUT2D eigenvalue weighted by atomic mass is 9.84. The second-order valence-electron chi connectivity index (χ2n) is 11.3. The van der Waals surface area contributed by atoms with E-state index in [1.165, 1.54) is 0 Å². The summed E-state index contributed by atoms with van der Waals surface area (Å²) in [5, 5.41) is 5.93. The summed E-state index contributed by atoms with van der Waals surface area (Å²) < 4.78 is 5.51. The zero-order valence-electron chi connectivity index (χ0n) is 21.5. The van der Waals surface area contributed by atoms with Crippen LogP contribution in [0.25, 0.3) is 0 Å². The molecule has 2 N–H and O–H groups in total. The molecular weight excluding hydrogens is 460 g/mol. The van der Waals surface area contributed by atoms with Gasteiger partial charge in [-0.2, -0.15) is 0 Å². The van der Waals surface area contributed by atoms with Crippen LogP contribution in [0.1, 0.15) is 83.6 Å². The van der Waals surface area contributed by atoms with Crippen molar-refractivity contribution >= 4 is 29.4 Å². The number of amides is 3. The van der Waals surface area contributed by atoms with Crippen LogP contribution in [0.5, 0.6) is 0 Å². The van der Waals surface area contributed by atoms with Crippen molar-refractivity contribution < 1.29 is 23.9 Å². The molecule has 9 heteroatoms. The van der Waals surface area contributed by atoms with E-state index in [4.69, 9.17) is 4.74 Å². The molecule has 3 heterocycles. The van der Waals surface area contributed by atoms with Crippen molar-refractivity contribution in [2.75, 3.05) is 18.4 Å². The summed E-state index contributed by atoms with van der Waals surface area (Å²) in [7, 11) is 0. The SMILES string of the molecule is CC(C)(C)OC(=O)C1CCN(C(=O)C2CCC(Nc3cncc(C4CCC(=O)NC4=O)c3)CC2)CC1. The predicted molar refractivity (Wildman–Crippen MR) is 134 cm³/mol.